The molecule has 114 valence electrons. The number of hydrogen-bond donors (Lipinski definition) is 1. The predicted molar refractivity (Wildman–Crippen MR) is 78.0 cm³/mol. The maximum Gasteiger partial charge on any atom is 0.148 e. The first-order valence-electron chi connectivity index (χ1n) is 6.89. The summed E-state index contributed by atoms with van der Waals surface area (Å²) in [6.45, 7) is 5.97. The van der Waals surface area contributed by atoms with Gasteiger partial charge in [-0.3, -0.25) is 4.90 Å². The SMILES string of the molecule is CCC1(C)CC(CN)(N(C)CCS(C)(=O)=O)CCO1. The van der Waals surface area contributed by atoms with E-state index in [1.54, 1.807) is 0 Å². The smallest absolute Gasteiger partial charge is 0.148 e. The van der Waals surface area contributed by atoms with Crippen LogP contribution in [0, 0.1) is 0 Å². The summed E-state index contributed by atoms with van der Waals surface area (Å²) in [5, 5.41) is 0. The monoisotopic (exact) mass is 292 g/mol. The van der Waals surface area contributed by atoms with E-state index in [9.17, 15) is 8.42 Å². The van der Waals surface area contributed by atoms with Crippen LogP contribution in [0.5, 0.6) is 0 Å². The molecule has 0 aromatic rings. The Hall–Kier alpha value is -0.170. The molecule has 2 unspecified atom stereocenters. The van der Waals surface area contributed by atoms with Gasteiger partial charge in [0.2, 0.25) is 0 Å². The third kappa shape index (κ3) is 4.41. The quantitative estimate of drug-likeness (QED) is 0.778. The highest BCUT2D eigenvalue weighted by atomic mass is 32.2. The summed E-state index contributed by atoms with van der Waals surface area (Å²) in [6, 6.07) is 0. The maximum atomic E-state index is 11.3. The highest BCUT2D eigenvalue weighted by molar-refractivity contribution is 7.90. The number of hydrogen-bond acceptors (Lipinski definition) is 5. The first-order valence-corrected chi connectivity index (χ1v) is 8.95. The number of ether oxygens (including phenoxy) is 1. The zero-order valence-corrected chi connectivity index (χ0v) is 13.4. The Kier molecular flexibility index (Phi) is 5.40. The molecule has 0 saturated carbocycles. The molecule has 2 atom stereocenters. The molecule has 0 aromatic heterocycles. The number of nitrogens with two attached hydrogens (primary N) is 1. The Labute approximate surface area is 117 Å². The van der Waals surface area contributed by atoms with Gasteiger partial charge in [-0.2, -0.15) is 0 Å². The average Bonchev–Trinajstić information content (AvgIpc) is 2.35. The molecule has 0 aliphatic carbocycles. The molecule has 5 nitrogen and oxygen atoms in total. The van der Waals surface area contributed by atoms with E-state index in [1.807, 2.05) is 7.05 Å². The second-order valence-electron chi connectivity index (χ2n) is 6.06. The van der Waals surface area contributed by atoms with E-state index in [0.29, 0.717) is 19.7 Å². The van der Waals surface area contributed by atoms with E-state index < -0.39 is 9.84 Å². The molecule has 0 aromatic carbocycles. The lowest BCUT2D eigenvalue weighted by atomic mass is 9.78. The minimum atomic E-state index is -2.94. The number of nitrogens with zero attached hydrogens (tertiary/aromatic N) is 1. The lowest BCUT2D eigenvalue weighted by Gasteiger charge is -2.50. The van der Waals surface area contributed by atoms with Crippen molar-refractivity contribution in [2.75, 3.05) is 38.8 Å². The fourth-order valence-corrected chi connectivity index (χ4v) is 3.35. The average molecular weight is 292 g/mol. The van der Waals surface area contributed by atoms with Gasteiger partial charge in [0.15, 0.2) is 0 Å². The van der Waals surface area contributed by atoms with Gasteiger partial charge in [-0.1, -0.05) is 6.92 Å². The zero-order chi connectivity index (χ0) is 14.7. The van der Waals surface area contributed by atoms with Crippen LogP contribution in [-0.2, 0) is 14.6 Å². The van der Waals surface area contributed by atoms with Crippen molar-refractivity contribution in [2.45, 2.75) is 44.2 Å². The first-order chi connectivity index (χ1) is 8.66. The molecule has 0 spiro atoms. The molecule has 1 saturated heterocycles. The standard InChI is InChI=1S/C13H28N2O3S/c1-5-12(2)10-13(11-14,6-8-18-12)15(3)7-9-19(4,16)17/h5-11,14H2,1-4H3. The van der Waals surface area contributed by atoms with Crippen molar-refractivity contribution in [3.8, 4) is 0 Å². The maximum absolute atomic E-state index is 11.3. The third-order valence-electron chi connectivity index (χ3n) is 4.46. The largest absolute Gasteiger partial charge is 0.375 e. The van der Waals surface area contributed by atoms with Crippen LogP contribution in [0.4, 0.5) is 0 Å². The molecule has 1 heterocycles. The molecule has 19 heavy (non-hydrogen) atoms. The van der Waals surface area contributed by atoms with E-state index in [1.165, 1.54) is 6.26 Å². The van der Waals surface area contributed by atoms with Gasteiger partial charge in [-0.05, 0) is 33.2 Å². The molecule has 2 N–H and O–H groups in total. The van der Waals surface area contributed by atoms with Gasteiger partial charge in [0.1, 0.15) is 9.84 Å². The second kappa shape index (κ2) is 6.08. The van der Waals surface area contributed by atoms with Gasteiger partial charge in [-0.25, -0.2) is 8.42 Å². The Bertz CT molecular complexity index is 399. The normalized spacial score (nSPS) is 32.7. The van der Waals surface area contributed by atoms with Gasteiger partial charge in [0.05, 0.1) is 11.4 Å². The lowest BCUT2D eigenvalue weighted by molar-refractivity contribution is -0.123. The minimum absolute atomic E-state index is 0.145. The van der Waals surface area contributed by atoms with Crippen LogP contribution in [0.15, 0.2) is 0 Å². The molecule has 1 aliphatic heterocycles. The van der Waals surface area contributed by atoms with Crippen molar-refractivity contribution >= 4 is 9.84 Å². The molecule has 1 fully saturated rings. The molecule has 0 amide bonds. The molecular weight excluding hydrogens is 264 g/mol. The van der Waals surface area contributed by atoms with Crippen LogP contribution in [0.1, 0.15) is 33.1 Å². The Morgan fingerprint density at radius 1 is 1.42 bits per heavy atom. The van der Waals surface area contributed by atoms with Crippen LogP contribution in [0.3, 0.4) is 0 Å². The zero-order valence-electron chi connectivity index (χ0n) is 12.6. The van der Waals surface area contributed by atoms with Crippen LogP contribution >= 0.6 is 0 Å². The summed E-state index contributed by atoms with van der Waals surface area (Å²) in [4.78, 5) is 2.12. The van der Waals surface area contributed by atoms with Crippen LogP contribution in [0.25, 0.3) is 0 Å². The predicted octanol–water partition coefficient (Wildman–Crippen LogP) is 0.639. The van der Waals surface area contributed by atoms with Crippen molar-refractivity contribution in [2.24, 2.45) is 5.73 Å². The third-order valence-corrected chi connectivity index (χ3v) is 5.38. The Morgan fingerprint density at radius 3 is 2.53 bits per heavy atom. The summed E-state index contributed by atoms with van der Waals surface area (Å²) in [7, 11) is -0.969. The van der Waals surface area contributed by atoms with Gasteiger partial charge in [-0.15, -0.1) is 0 Å². The summed E-state index contributed by atoms with van der Waals surface area (Å²) in [5.41, 5.74) is 5.71. The van der Waals surface area contributed by atoms with Crippen molar-refractivity contribution in [3.63, 3.8) is 0 Å². The van der Waals surface area contributed by atoms with Crippen molar-refractivity contribution in [3.05, 3.63) is 0 Å². The lowest BCUT2D eigenvalue weighted by Crippen LogP contribution is -2.60. The molecule has 6 heteroatoms. The second-order valence-corrected chi connectivity index (χ2v) is 8.32. The summed E-state index contributed by atoms with van der Waals surface area (Å²) >= 11 is 0. The summed E-state index contributed by atoms with van der Waals surface area (Å²) in [6.07, 6.45) is 3.93. The van der Waals surface area contributed by atoms with Crippen LogP contribution < -0.4 is 5.73 Å². The Morgan fingerprint density at radius 2 is 2.05 bits per heavy atom. The van der Waals surface area contributed by atoms with E-state index >= 15 is 0 Å². The fourth-order valence-electron chi connectivity index (χ4n) is 2.75. The highest BCUT2D eigenvalue weighted by Crippen LogP contribution is 2.37. The van der Waals surface area contributed by atoms with Gasteiger partial charge in [0, 0.05) is 31.5 Å². The molecular formula is C13H28N2O3S. The van der Waals surface area contributed by atoms with E-state index in [2.05, 4.69) is 18.7 Å². The van der Waals surface area contributed by atoms with Crippen molar-refractivity contribution in [1.82, 2.24) is 4.90 Å². The van der Waals surface area contributed by atoms with E-state index in [4.69, 9.17) is 10.5 Å². The minimum Gasteiger partial charge on any atom is -0.375 e. The van der Waals surface area contributed by atoms with Crippen molar-refractivity contribution in [1.29, 1.82) is 0 Å². The topological polar surface area (TPSA) is 72.6 Å². The van der Waals surface area contributed by atoms with Gasteiger partial charge >= 0.3 is 0 Å². The van der Waals surface area contributed by atoms with E-state index in [0.717, 1.165) is 19.3 Å². The molecule has 0 bridgehead atoms. The highest BCUT2D eigenvalue weighted by Gasteiger charge is 2.44. The number of likely N-dealkylation sites (N-methyl/N-ethyl adjacent to an activating group) is 1. The summed E-state index contributed by atoms with van der Waals surface area (Å²) in [5.74, 6) is 0.176. The summed E-state index contributed by atoms with van der Waals surface area (Å²) < 4.78 is 28.5. The van der Waals surface area contributed by atoms with Crippen LogP contribution in [0.2, 0.25) is 0 Å². The van der Waals surface area contributed by atoms with E-state index in [-0.39, 0.29) is 16.9 Å². The van der Waals surface area contributed by atoms with Crippen molar-refractivity contribution < 1.29 is 13.2 Å². The molecule has 1 rings (SSSR count). The van der Waals surface area contributed by atoms with Gasteiger partial charge < -0.3 is 10.5 Å². The fraction of sp³-hybridized carbons (Fsp3) is 1.00. The Balaban J connectivity index is 2.79. The molecule has 1 aliphatic rings. The van der Waals surface area contributed by atoms with Gasteiger partial charge in [0.25, 0.3) is 0 Å². The first kappa shape index (κ1) is 16.9. The number of sulfone groups is 1. The molecule has 0 radical (unpaired) electrons. The van der Waals surface area contributed by atoms with Crippen LogP contribution in [-0.4, -0.2) is 63.2 Å². The number of rotatable bonds is 6.